The van der Waals surface area contributed by atoms with E-state index in [1.54, 1.807) is 23.3 Å². The summed E-state index contributed by atoms with van der Waals surface area (Å²) in [5.41, 5.74) is 0.107. The third-order valence-electron chi connectivity index (χ3n) is 5.89. The van der Waals surface area contributed by atoms with Gasteiger partial charge in [-0.2, -0.15) is 0 Å². The molecular weight excluding hydrogens is 376 g/mol. The molecule has 1 aliphatic carbocycles. The highest BCUT2D eigenvalue weighted by Gasteiger charge is 2.51. The highest BCUT2D eigenvalue weighted by atomic mass is 32.1. The van der Waals surface area contributed by atoms with E-state index in [-0.39, 0.29) is 24.4 Å². The fourth-order valence-corrected chi connectivity index (χ4v) is 5.07. The number of imide groups is 1. The molecule has 1 spiro atoms. The molecule has 2 fully saturated rings. The third kappa shape index (κ3) is 3.15. The summed E-state index contributed by atoms with van der Waals surface area (Å²) < 4.78 is 1.07. The number of benzene rings is 1. The molecule has 28 heavy (non-hydrogen) atoms. The lowest BCUT2D eigenvalue weighted by molar-refractivity contribution is -0.139. The fraction of sp³-hybridized carbons (Fsp3) is 0.500. The predicted octanol–water partition coefficient (Wildman–Crippen LogP) is 3.07. The van der Waals surface area contributed by atoms with E-state index in [1.165, 1.54) is 0 Å². The van der Waals surface area contributed by atoms with Crippen molar-refractivity contribution >= 4 is 39.4 Å². The monoisotopic (exact) mass is 400 g/mol. The summed E-state index contributed by atoms with van der Waals surface area (Å²) >= 11 is 1.55. The molecule has 2 aromatic rings. The molecule has 1 saturated heterocycles. The van der Waals surface area contributed by atoms with Crippen LogP contribution in [-0.4, -0.2) is 51.8 Å². The molecule has 4 amide bonds. The minimum atomic E-state index is -0.799. The van der Waals surface area contributed by atoms with E-state index in [1.807, 2.05) is 31.2 Å². The number of nitrogens with one attached hydrogen (secondary N) is 1. The highest BCUT2D eigenvalue weighted by Crippen LogP contribution is 2.34. The second kappa shape index (κ2) is 7.16. The molecule has 1 aromatic carbocycles. The van der Waals surface area contributed by atoms with Crippen LogP contribution in [0.1, 0.15) is 50.1 Å². The van der Waals surface area contributed by atoms with Crippen LogP contribution in [0.5, 0.6) is 0 Å². The smallest absolute Gasteiger partial charge is 0.325 e. The second-order valence-corrected chi connectivity index (χ2v) is 8.73. The molecule has 8 heteroatoms. The Morgan fingerprint density at radius 3 is 2.71 bits per heavy atom. The van der Waals surface area contributed by atoms with Gasteiger partial charge < -0.3 is 10.2 Å². The zero-order valence-electron chi connectivity index (χ0n) is 16.1. The molecular formula is C20H24N4O3S. The number of para-hydroxylation sites is 1. The van der Waals surface area contributed by atoms with Gasteiger partial charge in [-0.1, -0.05) is 31.4 Å². The summed E-state index contributed by atoms with van der Waals surface area (Å²) in [6.07, 6.45) is 4.22. The normalized spacial score (nSPS) is 19.9. The van der Waals surface area contributed by atoms with Gasteiger partial charge in [-0.25, -0.2) is 9.78 Å². The molecule has 7 nitrogen and oxygen atoms in total. The van der Waals surface area contributed by atoms with Crippen LogP contribution in [0.15, 0.2) is 24.3 Å². The molecule has 2 heterocycles. The minimum absolute atomic E-state index is 0.238. The van der Waals surface area contributed by atoms with Crippen LogP contribution < -0.4 is 5.32 Å². The zero-order valence-corrected chi connectivity index (χ0v) is 16.9. The summed E-state index contributed by atoms with van der Waals surface area (Å²) in [7, 11) is 1.69. The standard InChI is InChI=1S/C20H24N4O3S/c1-13(17-21-14-8-4-5-9-15(14)28-17)23(2)16(25)12-24-18(26)20(22-19(24)27)10-6-3-7-11-20/h4-5,8-9,13H,3,6-7,10-12H2,1-2H3,(H,22,27)/t13-/m1/s1. The van der Waals surface area contributed by atoms with Crippen molar-refractivity contribution in [2.45, 2.75) is 50.6 Å². The maximum absolute atomic E-state index is 12.9. The van der Waals surface area contributed by atoms with Gasteiger partial charge in [0.15, 0.2) is 0 Å². The van der Waals surface area contributed by atoms with Crippen LogP contribution in [0.4, 0.5) is 4.79 Å². The van der Waals surface area contributed by atoms with Crippen molar-refractivity contribution < 1.29 is 14.4 Å². The number of rotatable bonds is 4. The topological polar surface area (TPSA) is 82.6 Å². The molecule has 1 N–H and O–H groups in total. The lowest BCUT2D eigenvalue weighted by atomic mass is 9.82. The molecule has 1 aromatic heterocycles. The number of hydrogen-bond acceptors (Lipinski definition) is 5. The SMILES string of the molecule is C[C@H](c1nc2ccccc2s1)N(C)C(=O)CN1C(=O)NC2(CCCCC2)C1=O. The van der Waals surface area contributed by atoms with Gasteiger partial charge in [0.2, 0.25) is 5.91 Å². The number of thiazole rings is 1. The highest BCUT2D eigenvalue weighted by molar-refractivity contribution is 7.18. The number of fused-ring (bicyclic) bond motifs is 1. The first-order chi connectivity index (χ1) is 13.4. The van der Waals surface area contributed by atoms with Crippen molar-refractivity contribution in [3.63, 3.8) is 0 Å². The van der Waals surface area contributed by atoms with Crippen LogP contribution in [0, 0.1) is 0 Å². The van der Waals surface area contributed by atoms with Gasteiger partial charge in [0.05, 0.1) is 16.3 Å². The van der Waals surface area contributed by atoms with Crippen LogP contribution in [0.25, 0.3) is 10.2 Å². The van der Waals surface area contributed by atoms with Crippen LogP contribution in [-0.2, 0) is 9.59 Å². The Bertz CT molecular complexity index is 901. The molecule has 0 radical (unpaired) electrons. The number of urea groups is 1. The minimum Gasteiger partial charge on any atom is -0.335 e. The summed E-state index contributed by atoms with van der Waals surface area (Å²) in [5.74, 6) is -0.533. The molecule has 0 unspecified atom stereocenters. The van der Waals surface area contributed by atoms with Gasteiger partial charge in [0, 0.05) is 7.05 Å². The first-order valence-corrected chi connectivity index (χ1v) is 10.5. The number of carbonyl (C=O) groups excluding carboxylic acids is 3. The van der Waals surface area contributed by atoms with Crippen LogP contribution >= 0.6 is 11.3 Å². The Kier molecular flexibility index (Phi) is 4.82. The maximum atomic E-state index is 12.9. The van der Waals surface area contributed by atoms with E-state index in [0.717, 1.165) is 39.4 Å². The van der Waals surface area contributed by atoms with Gasteiger partial charge in [-0.3, -0.25) is 14.5 Å². The van der Waals surface area contributed by atoms with Gasteiger partial charge in [-0.05, 0) is 31.9 Å². The average Bonchev–Trinajstić information content (AvgIpc) is 3.23. The Morgan fingerprint density at radius 2 is 2.00 bits per heavy atom. The van der Waals surface area contributed by atoms with Crippen molar-refractivity contribution in [3.8, 4) is 0 Å². The van der Waals surface area contributed by atoms with E-state index in [4.69, 9.17) is 0 Å². The Hall–Kier alpha value is -2.48. The number of aromatic nitrogens is 1. The largest absolute Gasteiger partial charge is 0.335 e. The van der Waals surface area contributed by atoms with Gasteiger partial charge in [0.25, 0.3) is 5.91 Å². The van der Waals surface area contributed by atoms with Crippen LogP contribution in [0.3, 0.4) is 0 Å². The van der Waals surface area contributed by atoms with Crippen molar-refractivity contribution in [2.75, 3.05) is 13.6 Å². The Balaban J connectivity index is 1.46. The lowest BCUT2D eigenvalue weighted by Gasteiger charge is -2.30. The van der Waals surface area contributed by atoms with Gasteiger partial charge in [-0.15, -0.1) is 11.3 Å². The zero-order chi connectivity index (χ0) is 19.9. The van der Waals surface area contributed by atoms with Crippen molar-refractivity contribution in [1.29, 1.82) is 0 Å². The first kappa shape index (κ1) is 18.9. The number of carbonyl (C=O) groups is 3. The lowest BCUT2D eigenvalue weighted by Crippen LogP contribution is -2.49. The van der Waals surface area contributed by atoms with E-state index in [9.17, 15) is 14.4 Å². The van der Waals surface area contributed by atoms with E-state index >= 15 is 0 Å². The van der Waals surface area contributed by atoms with Crippen LogP contribution in [0.2, 0.25) is 0 Å². The summed E-state index contributed by atoms with van der Waals surface area (Å²) in [6.45, 7) is 1.67. The third-order valence-corrected chi connectivity index (χ3v) is 7.10. The molecule has 4 rings (SSSR count). The number of nitrogens with zero attached hydrogens (tertiary/aromatic N) is 3. The van der Waals surface area contributed by atoms with Gasteiger partial charge >= 0.3 is 6.03 Å². The van der Waals surface area contributed by atoms with Crippen molar-refractivity contribution in [1.82, 2.24) is 20.1 Å². The number of likely N-dealkylation sites (N-methyl/N-ethyl adjacent to an activating group) is 1. The molecule has 0 bridgehead atoms. The molecule has 1 atom stereocenters. The van der Waals surface area contributed by atoms with E-state index in [2.05, 4.69) is 10.3 Å². The van der Waals surface area contributed by atoms with Crippen molar-refractivity contribution in [2.24, 2.45) is 0 Å². The second-order valence-electron chi connectivity index (χ2n) is 7.66. The Labute approximate surface area is 167 Å². The Morgan fingerprint density at radius 1 is 1.29 bits per heavy atom. The summed E-state index contributed by atoms with van der Waals surface area (Å²) in [6, 6.07) is 7.14. The molecule has 2 aliphatic rings. The van der Waals surface area contributed by atoms with E-state index in [0.29, 0.717) is 12.8 Å². The van der Waals surface area contributed by atoms with E-state index < -0.39 is 11.6 Å². The maximum Gasteiger partial charge on any atom is 0.325 e. The number of hydrogen-bond donors (Lipinski definition) is 1. The summed E-state index contributed by atoms with van der Waals surface area (Å²) in [5, 5.41) is 3.68. The average molecular weight is 401 g/mol. The molecule has 1 saturated carbocycles. The van der Waals surface area contributed by atoms with Crippen molar-refractivity contribution in [3.05, 3.63) is 29.3 Å². The fourth-order valence-electron chi connectivity index (χ4n) is 4.01. The first-order valence-electron chi connectivity index (χ1n) is 9.66. The molecule has 148 valence electrons. The quantitative estimate of drug-likeness (QED) is 0.800. The summed E-state index contributed by atoms with van der Waals surface area (Å²) in [4.78, 5) is 45.3. The molecule has 1 aliphatic heterocycles. The predicted molar refractivity (Wildman–Crippen MR) is 107 cm³/mol. The van der Waals surface area contributed by atoms with Gasteiger partial charge in [0.1, 0.15) is 17.1 Å². The number of amides is 4.